The molecule has 0 aliphatic carbocycles. The summed E-state index contributed by atoms with van der Waals surface area (Å²) >= 11 is 6.14. The Balaban J connectivity index is 1.88. The molecule has 0 fully saturated rings. The van der Waals surface area contributed by atoms with Crippen LogP contribution >= 0.6 is 11.6 Å². The molecule has 1 N–H and O–H groups in total. The van der Waals surface area contributed by atoms with Gasteiger partial charge in [-0.2, -0.15) is 0 Å². The molecule has 0 unspecified atom stereocenters. The smallest absolute Gasteiger partial charge is 0.282 e. The third kappa shape index (κ3) is 3.75. The van der Waals surface area contributed by atoms with Crippen molar-refractivity contribution in [1.29, 1.82) is 0 Å². The average molecular weight is 431 g/mol. The van der Waals surface area contributed by atoms with Gasteiger partial charge >= 0.3 is 0 Å². The summed E-state index contributed by atoms with van der Waals surface area (Å²) in [5, 5.41) is 3.72. The van der Waals surface area contributed by atoms with Crippen LogP contribution < -0.4 is 10.2 Å². The third-order valence-electron chi connectivity index (χ3n) is 5.81. The van der Waals surface area contributed by atoms with Gasteiger partial charge in [0.05, 0.1) is 11.3 Å². The zero-order valence-corrected chi connectivity index (χ0v) is 18.7. The van der Waals surface area contributed by atoms with Crippen molar-refractivity contribution in [2.45, 2.75) is 27.7 Å². The van der Waals surface area contributed by atoms with E-state index >= 15 is 0 Å². The number of imide groups is 1. The molecule has 0 atom stereocenters. The van der Waals surface area contributed by atoms with Crippen molar-refractivity contribution < 1.29 is 9.59 Å². The molecule has 1 aliphatic rings. The second kappa shape index (κ2) is 8.05. The van der Waals surface area contributed by atoms with Gasteiger partial charge < -0.3 is 5.32 Å². The number of amides is 2. The molecule has 4 rings (SSSR count). The van der Waals surface area contributed by atoms with Crippen LogP contribution in [0.15, 0.2) is 66.4 Å². The molecular weight excluding hydrogens is 408 g/mol. The maximum absolute atomic E-state index is 13.5. The summed E-state index contributed by atoms with van der Waals surface area (Å²) < 4.78 is 0. The lowest BCUT2D eigenvalue weighted by molar-refractivity contribution is -0.120. The van der Waals surface area contributed by atoms with Gasteiger partial charge in [-0.15, -0.1) is 0 Å². The van der Waals surface area contributed by atoms with Crippen molar-refractivity contribution in [3.63, 3.8) is 0 Å². The Morgan fingerprint density at radius 3 is 2.23 bits per heavy atom. The zero-order chi connectivity index (χ0) is 22.3. The highest BCUT2D eigenvalue weighted by Crippen LogP contribution is 2.35. The van der Waals surface area contributed by atoms with Crippen molar-refractivity contribution in [3.8, 4) is 0 Å². The van der Waals surface area contributed by atoms with E-state index in [1.54, 1.807) is 24.3 Å². The molecule has 156 valence electrons. The van der Waals surface area contributed by atoms with E-state index in [0.717, 1.165) is 27.9 Å². The van der Waals surface area contributed by atoms with Crippen LogP contribution in [-0.4, -0.2) is 11.8 Å². The Hall–Kier alpha value is -3.37. The van der Waals surface area contributed by atoms with E-state index in [9.17, 15) is 9.59 Å². The fourth-order valence-electron chi connectivity index (χ4n) is 3.68. The minimum Gasteiger partial charge on any atom is -0.350 e. The molecule has 1 aliphatic heterocycles. The molecule has 2 amide bonds. The van der Waals surface area contributed by atoms with Crippen molar-refractivity contribution in [3.05, 3.63) is 99.2 Å². The average Bonchev–Trinajstić information content (AvgIpc) is 2.97. The van der Waals surface area contributed by atoms with Crippen molar-refractivity contribution in [2.75, 3.05) is 10.2 Å². The van der Waals surface area contributed by atoms with Gasteiger partial charge in [-0.25, -0.2) is 4.90 Å². The van der Waals surface area contributed by atoms with Crippen LogP contribution in [0.25, 0.3) is 5.57 Å². The van der Waals surface area contributed by atoms with Gasteiger partial charge in [0.15, 0.2) is 0 Å². The summed E-state index contributed by atoms with van der Waals surface area (Å²) in [5.74, 6) is -0.773. The first-order chi connectivity index (χ1) is 14.8. The summed E-state index contributed by atoms with van der Waals surface area (Å²) in [6, 6.07) is 18.4. The SMILES string of the molecule is Cc1ccc(C2=C(Nc3cccc(C)c3C)C(=O)N(c3cccc(Cl)c3)C2=O)cc1C. The van der Waals surface area contributed by atoms with Crippen LogP contribution in [0.2, 0.25) is 5.02 Å². The van der Waals surface area contributed by atoms with E-state index in [2.05, 4.69) is 5.32 Å². The standard InChI is InChI=1S/C26H23ClN2O2/c1-15-11-12-19(13-17(15)3)23-24(28-22-10-5-7-16(2)18(22)4)26(31)29(25(23)30)21-9-6-8-20(27)14-21/h5-14,28H,1-4H3. The molecule has 3 aromatic rings. The van der Waals surface area contributed by atoms with E-state index in [4.69, 9.17) is 11.6 Å². The van der Waals surface area contributed by atoms with E-state index < -0.39 is 5.91 Å². The second-order valence-corrected chi connectivity index (χ2v) is 8.28. The highest BCUT2D eigenvalue weighted by atomic mass is 35.5. The number of carbonyl (C=O) groups excluding carboxylic acids is 2. The predicted molar refractivity (Wildman–Crippen MR) is 126 cm³/mol. The molecular formula is C26H23ClN2O2. The van der Waals surface area contributed by atoms with Gasteiger partial charge in [0, 0.05) is 10.7 Å². The molecule has 4 nitrogen and oxygen atoms in total. The minimum absolute atomic E-state index is 0.266. The number of rotatable bonds is 4. The van der Waals surface area contributed by atoms with E-state index in [0.29, 0.717) is 21.8 Å². The zero-order valence-electron chi connectivity index (χ0n) is 17.9. The fraction of sp³-hybridized carbons (Fsp3) is 0.154. The highest BCUT2D eigenvalue weighted by Gasteiger charge is 2.40. The Labute approximate surface area is 187 Å². The first-order valence-corrected chi connectivity index (χ1v) is 10.4. The Bertz CT molecular complexity index is 1260. The lowest BCUT2D eigenvalue weighted by Gasteiger charge is -2.16. The molecule has 31 heavy (non-hydrogen) atoms. The van der Waals surface area contributed by atoms with Gasteiger partial charge in [-0.05, 0) is 79.8 Å². The van der Waals surface area contributed by atoms with Crippen molar-refractivity contribution >= 4 is 40.4 Å². The van der Waals surface area contributed by atoms with Crippen LogP contribution in [-0.2, 0) is 9.59 Å². The summed E-state index contributed by atoms with van der Waals surface area (Å²) in [6.45, 7) is 8.01. The molecule has 0 aromatic heterocycles. The normalized spacial score (nSPS) is 13.9. The molecule has 0 saturated heterocycles. The highest BCUT2D eigenvalue weighted by molar-refractivity contribution is 6.46. The lowest BCUT2D eigenvalue weighted by Crippen LogP contribution is -2.32. The largest absolute Gasteiger partial charge is 0.350 e. The van der Waals surface area contributed by atoms with Crippen LogP contribution in [0.1, 0.15) is 27.8 Å². The van der Waals surface area contributed by atoms with Gasteiger partial charge in [0.2, 0.25) is 0 Å². The van der Waals surface area contributed by atoms with E-state index in [-0.39, 0.29) is 11.6 Å². The topological polar surface area (TPSA) is 49.4 Å². The number of benzene rings is 3. The van der Waals surface area contributed by atoms with Gasteiger partial charge in [-0.1, -0.05) is 48.0 Å². The van der Waals surface area contributed by atoms with Crippen LogP contribution in [0.4, 0.5) is 11.4 Å². The van der Waals surface area contributed by atoms with Crippen molar-refractivity contribution in [1.82, 2.24) is 0 Å². The number of nitrogens with zero attached hydrogens (tertiary/aromatic N) is 1. The minimum atomic E-state index is -0.401. The Morgan fingerprint density at radius 2 is 1.52 bits per heavy atom. The molecule has 0 radical (unpaired) electrons. The predicted octanol–water partition coefficient (Wildman–Crippen LogP) is 5.97. The number of hydrogen-bond acceptors (Lipinski definition) is 3. The summed E-state index contributed by atoms with van der Waals surface area (Å²) in [4.78, 5) is 28.2. The van der Waals surface area contributed by atoms with Crippen LogP contribution in [0, 0.1) is 27.7 Å². The number of carbonyl (C=O) groups is 2. The summed E-state index contributed by atoms with van der Waals surface area (Å²) in [6.07, 6.45) is 0. The van der Waals surface area contributed by atoms with E-state index in [1.807, 2.05) is 64.1 Å². The van der Waals surface area contributed by atoms with Crippen molar-refractivity contribution in [2.24, 2.45) is 0 Å². The maximum Gasteiger partial charge on any atom is 0.282 e. The molecule has 3 aromatic carbocycles. The fourth-order valence-corrected chi connectivity index (χ4v) is 3.87. The quantitative estimate of drug-likeness (QED) is 0.518. The Morgan fingerprint density at radius 1 is 0.774 bits per heavy atom. The molecule has 0 spiro atoms. The van der Waals surface area contributed by atoms with Crippen LogP contribution in [0.3, 0.4) is 0 Å². The Kier molecular flexibility index (Phi) is 5.42. The second-order valence-electron chi connectivity index (χ2n) is 7.85. The molecule has 5 heteroatoms. The van der Waals surface area contributed by atoms with E-state index in [1.165, 1.54) is 4.90 Å². The molecule has 0 bridgehead atoms. The molecule has 0 saturated carbocycles. The van der Waals surface area contributed by atoms with Crippen LogP contribution in [0.5, 0.6) is 0 Å². The monoisotopic (exact) mass is 430 g/mol. The van der Waals surface area contributed by atoms with Gasteiger partial charge in [-0.3, -0.25) is 9.59 Å². The van der Waals surface area contributed by atoms with Gasteiger partial charge in [0.1, 0.15) is 5.70 Å². The number of anilines is 2. The maximum atomic E-state index is 13.5. The summed E-state index contributed by atoms with van der Waals surface area (Å²) in [7, 11) is 0. The first-order valence-electron chi connectivity index (χ1n) is 10.1. The first kappa shape index (κ1) is 20.9. The lowest BCUT2D eigenvalue weighted by atomic mass is 9.99. The number of halogens is 1. The summed E-state index contributed by atoms with van der Waals surface area (Å²) in [5.41, 5.74) is 6.87. The number of nitrogens with one attached hydrogen (secondary N) is 1. The molecule has 1 heterocycles. The third-order valence-corrected chi connectivity index (χ3v) is 6.05. The number of hydrogen-bond donors (Lipinski definition) is 1. The van der Waals surface area contributed by atoms with Gasteiger partial charge in [0.25, 0.3) is 11.8 Å². The number of aryl methyl sites for hydroxylation is 3.